The fraction of sp³-hybridized carbons (Fsp3) is 0.273. The fourth-order valence-corrected chi connectivity index (χ4v) is 1.25. The lowest BCUT2D eigenvalue weighted by molar-refractivity contribution is 0.111. The van der Waals surface area contributed by atoms with Crippen LogP contribution in [0.3, 0.4) is 0 Å². The molecule has 0 unspecified atom stereocenters. The normalized spacial score (nSPS) is 9.47. The summed E-state index contributed by atoms with van der Waals surface area (Å²) >= 11 is 0. The van der Waals surface area contributed by atoms with Crippen LogP contribution in [0.5, 0.6) is 11.5 Å². The molecule has 0 radical (unpaired) electrons. The van der Waals surface area contributed by atoms with Gasteiger partial charge in [-0.1, -0.05) is 0 Å². The summed E-state index contributed by atoms with van der Waals surface area (Å²) in [5, 5.41) is 0. The maximum atomic E-state index is 10.8. The molecule has 1 aromatic carbocycles. The van der Waals surface area contributed by atoms with Gasteiger partial charge in [0.25, 0.3) is 0 Å². The van der Waals surface area contributed by atoms with E-state index < -0.39 is 0 Å². The maximum Gasteiger partial charge on any atom is 0.171 e. The van der Waals surface area contributed by atoms with Gasteiger partial charge >= 0.3 is 0 Å². The Balaban J connectivity index is 3.31. The van der Waals surface area contributed by atoms with Crippen LogP contribution in [-0.4, -0.2) is 26.3 Å². The predicted molar refractivity (Wildman–Crippen MR) is 54.9 cm³/mol. The van der Waals surface area contributed by atoms with E-state index in [1.807, 2.05) is 6.92 Å². The highest BCUT2D eigenvalue weighted by atomic mass is 16.5. The summed E-state index contributed by atoms with van der Waals surface area (Å²) in [7, 11) is 1.46. The van der Waals surface area contributed by atoms with Gasteiger partial charge in [0.1, 0.15) is 6.29 Å². The molecule has 0 saturated carbocycles. The van der Waals surface area contributed by atoms with Crippen molar-refractivity contribution in [2.24, 2.45) is 0 Å². The minimum atomic E-state index is 0.318. The van der Waals surface area contributed by atoms with Crippen LogP contribution in [0.1, 0.15) is 27.6 Å². The number of rotatable bonds is 5. The van der Waals surface area contributed by atoms with Crippen molar-refractivity contribution in [3.05, 3.63) is 23.3 Å². The molecule has 0 saturated heterocycles. The van der Waals surface area contributed by atoms with Crippen molar-refractivity contribution >= 4 is 12.6 Å². The van der Waals surface area contributed by atoms with Gasteiger partial charge in [0, 0.05) is 5.56 Å². The molecular weight excluding hydrogens is 196 g/mol. The van der Waals surface area contributed by atoms with Gasteiger partial charge in [0.2, 0.25) is 0 Å². The third-order valence-corrected chi connectivity index (χ3v) is 1.88. The summed E-state index contributed by atoms with van der Waals surface area (Å²) in [5.74, 6) is 0.768. The summed E-state index contributed by atoms with van der Waals surface area (Å²) in [6, 6.07) is 3.00. The second-order valence-corrected chi connectivity index (χ2v) is 2.81. The zero-order valence-electron chi connectivity index (χ0n) is 8.65. The molecule has 4 nitrogen and oxygen atoms in total. The summed E-state index contributed by atoms with van der Waals surface area (Å²) in [6.45, 7) is 2.24. The van der Waals surface area contributed by atoms with Gasteiger partial charge in [-0.25, -0.2) is 0 Å². The largest absolute Gasteiger partial charge is 0.493 e. The molecule has 4 heteroatoms. The molecule has 0 heterocycles. The van der Waals surface area contributed by atoms with Gasteiger partial charge in [0.05, 0.1) is 19.3 Å². The number of carbonyl (C=O) groups excluding carboxylic acids is 2. The number of hydrogen-bond donors (Lipinski definition) is 0. The first-order valence-electron chi connectivity index (χ1n) is 4.52. The molecule has 15 heavy (non-hydrogen) atoms. The first-order valence-corrected chi connectivity index (χ1v) is 4.52. The van der Waals surface area contributed by atoms with Crippen molar-refractivity contribution in [3.8, 4) is 11.5 Å². The number of aldehydes is 2. The van der Waals surface area contributed by atoms with E-state index in [1.165, 1.54) is 19.2 Å². The van der Waals surface area contributed by atoms with E-state index in [9.17, 15) is 9.59 Å². The van der Waals surface area contributed by atoms with E-state index >= 15 is 0 Å². The Morgan fingerprint density at radius 1 is 1.27 bits per heavy atom. The molecule has 0 fully saturated rings. The summed E-state index contributed by atoms with van der Waals surface area (Å²) in [4.78, 5) is 21.4. The molecule has 1 aromatic rings. The average molecular weight is 208 g/mol. The first-order chi connectivity index (χ1) is 7.26. The Labute approximate surface area is 87.8 Å². The third-order valence-electron chi connectivity index (χ3n) is 1.88. The minimum absolute atomic E-state index is 0.318. The Morgan fingerprint density at radius 2 is 2.00 bits per heavy atom. The van der Waals surface area contributed by atoms with E-state index in [4.69, 9.17) is 9.47 Å². The molecular formula is C11H12O4. The molecule has 0 aliphatic carbocycles. The van der Waals surface area contributed by atoms with E-state index in [0.717, 1.165) is 0 Å². The summed E-state index contributed by atoms with van der Waals surface area (Å²) in [6.07, 6.45) is 1.30. The Bertz CT molecular complexity index is 371. The highest BCUT2D eigenvalue weighted by molar-refractivity contribution is 5.87. The lowest BCUT2D eigenvalue weighted by Gasteiger charge is -2.11. The summed E-state index contributed by atoms with van der Waals surface area (Å²) < 4.78 is 10.3. The molecule has 0 N–H and O–H groups in total. The van der Waals surface area contributed by atoms with Crippen LogP contribution in [0.4, 0.5) is 0 Å². The number of benzene rings is 1. The van der Waals surface area contributed by atoms with Crippen molar-refractivity contribution in [2.45, 2.75) is 6.92 Å². The first kappa shape index (κ1) is 11.2. The number of ether oxygens (including phenoxy) is 2. The topological polar surface area (TPSA) is 52.6 Å². The van der Waals surface area contributed by atoms with Gasteiger partial charge in [-0.05, 0) is 19.1 Å². The molecule has 0 spiro atoms. The van der Waals surface area contributed by atoms with Gasteiger partial charge in [0.15, 0.2) is 17.8 Å². The third kappa shape index (κ3) is 2.34. The predicted octanol–water partition coefficient (Wildman–Crippen LogP) is 1.72. The zero-order chi connectivity index (χ0) is 11.3. The van der Waals surface area contributed by atoms with Crippen molar-refractivity contribution in [1.82, 2.24) is 0 Å². The highest BCUT2D eigenvalue weighted by Gasteiger charge is 2.11. The average Bonchev–Trinajstić information content (AvgIpc) is 2.29. The van der Waals surface area contributed by atoms with Crippen LogP contribution < -0.4 is 9.47 Å². The second-order valence-electron chi connectivity index (χ2n) is 2.81. The monoisotopic (exact) mass is 208 g/mol. The molecule has 0 aromatic heterocycles. The van der Waals surface area contributed by atoms with Crippen LogP contribution in [0.25, 0.3) is 0 Å². The smallest absolute Gasteiger partial charge is 0.171 e. The standard InChI is InChI=1S/C11H12O4/c1-3-15-11-9(7-13)4-8(6-12)5-10(11)14-2/h4-7H,3H2,1-2H3. The van der Waals surface area contributed by atoms with Gasteiger partial charge in [-0.3, -0.25) is 9.59 Å². The van der Waals surface area contributed by atoms with Crippen LogP contribution in [0, 0.1) is 0 Å². The van der Waals surface area contributed by atoms with Gasteiger partial charge in [-0.2, -0.15) is 0 Å². The van der Waals surface area contributed by atoms with E-state index in [0.29, 0.717) is 41.8 Å². The molecule has 0 atom stereocenters. The molecule has 80 valence electrons. The van der Waals surface area contributed by atoms with E-state index in [2.05, 4.69) is 0 Å². The maximum absolute atomic E-state index is 10.8. The van der Waals surface area contributed by atoms with Crippen molar-refractivity contribution in [2.75, 3.05) is 13.7 Å². The summed E-state index contributed by atoms with van der Waals surface area (Å²) in [5.41, 5.74) is 0.704. The number of hydrogen-bond acceptors (Lipinski definition) is 4. The SMILES string of the molecule is CCOc1c(C=O)cc(C=O)cc1OC. The lowest BCUT2D eigenvalue weighted by atomic mass is 10.1. The van der Waals surface area contributed by atoms with Crippen molar-refractivity contribution < 1.29 is 19.1 Å². The van der Waals surface area contributed by atoms with E-state index in [1.54, 1.807) is 0 Å². The quantitative estimate of drug-likeness (QED) is 0.691. The molecule has 0 aliphatic heterocycles. The zero-order valence-corrected chi connectivity index (χ0v) is 8.65. The van der Waals surface area contributed by atoms with Gasteiger partial charge < -0.3 is 9.47 Å². The number of methoxy groups -OCH3 is 1. The molecule has 0 bridgehead atoms. The Kier molecular flexibility index (Phi) is 3.85. The van der Waals surface area contributed by atoms with E-state index in [-0.39, 0.29) is 0 Å². The van der Waals surface area contributed by atoms with Crippen LogP contribution in [-0.2, 0) is 0 Å². The van der Waals surface area contributed by atoms with Crippen molar-refractivity contribution in [1.29, 1.82) is 0 Å². The van der Waals surface area contributed by atoms with Crippen LogP contribution in [0.15, 0.2) is 12.1 Å². The second kappa shape index (κ2) is 5.14. The molecule has 1 rings (SSSR count). The van der Waals surface area contributed by atoms with Gasteiger partial charge in [-0.15, -0.1) is 0 Å². The van der Waals surface area contributed by atoms with Crippen LogP contribution in [0.2, 0.25) is 0 Å². The van der Waals surface area contributed by atoms with Crippen LogP contribution >= 0.6 is 0 Å². The molecule has 0 aliphatic rings. The number of carbonyl (C=O) groups is 2. The lowest BCUT2D eigenvalue weighted by Crippen LogP contribution is -2.00. The molecule has 0 amide bonds. The Morgan fingerprint density at radius 3 is 2.47 bits per heavy atom. The highest BCUT2D eigenvalue weighted by Crippen LogP contribution is 2.31. The van der Waals surface area contributed by atoms with Crippen molar-refractivity contribution in [3.63, 3.8) is 0 Å². The minimum Gasteiger partial charge on any atom is -0.493 e. The fourth-order valence-electron chi connectivity index (χ4n) is 1.25. The Hall–Kier alpha value is -1.84.